The predicted octanol–water partition coefficient (Wildman–Crippen LogP) is 3.49. The summed E-state index contributed by atoms with van der Waals surface area (Å²) in [6, 6.07) is 8.62. The zero-order valence-electron chi connectivity index (χ0n) is 12.2. The zero-order valence-corrected chi connectivity index (χ0v) is 13.8. The lowest BCUT2D eigenvalue weighted by molar-refractivity contribution is 0.240. The van der Waals surface area contributed by atoms with E-state index >= 15 is 0 Å². The molecule has 0 bridgehead atoms. The average Bonchev–Trinajstić information content (AvgIpc) is 2.74. The number of rotatable bonds is 3. The number of nitrogens with one attached hydrogen (secondary N) is 1. The summed E-state index contributed by atoms with van der Waals surface area (Å²) < 4.78 is 0.843. The molecule has 3 nitrogen and oxygen atoms in total. The quantitative estimate of drug-likeness (QED) is 0.938. The SMILES string of the molecule is Cc1ccc(C(c2ccc(Cl)s2)N2CCCNCC2)nc1. The first-order chi connectivity index (χ1) is 10.2. The molecule has 2 aromatic heterocycles. The van der Waals surface area contributed by atoms with Crippen LogP contribution in [0.25, 0.3) is 0 Å². The Morgan fingerprint density at radius 3 is 2.86 bits per heavy atom. The first-order valence-corrected chi connectivity index (χ1v) is 8.56. The van der Waals surface area contributed by atoms with Crippen LogP contribution in [0.4, 0.5) is 0 Å². The van der Waals surface area contributed by atoms with E-state index in [1.807, 2.05) is 12.3 Å². The van der Waals surface area contributed by atoms with Gasteiger partial charge in [-0.3, -0.25) is 9.88 Å². The van der Waals surface area contributed by atoms with E-state index in [1.165, 1.54) is 16.9 Å². The standard InChI is InChI=1S/C16H20ClN3S/c1-12-3-4-13(19-11-12)16(14-5-6-15(17)21-14)20-9-2-7-18-8-10-20/h3-6,11,16,18H,2,7-10H2,1H3. The van der Waals surface area contributed by atoms with Gasteiger partial charge in [0.05, 0.1) is 16.1 Å². The van der Waals surface area contributed by atoms with E-state index < -0.39 is 0 Å². The summed E-state index contributed by atoms with van der Waals surface area (Å²) in [7, 11) is 0. The van der Waals surface area contributed by atoms with E-state index in [-0.39, 0.29) is 6.04 Å². The third-order valence-corrected chi connectivity index (χ3v) is 5.10. The van der Waals surface area contributed by atoms with Gasteiger partial charge in [0.1, 0.15) is 0 Å². The van der Waals surface area contributed by atoms with E-state index in [9.17, 15) is 0 Å². The molecule has 0 aromatic carbocycles. The zero-order chi connectivity index (χ0) is 14.7. The van der Waals surface area contributed by atoms with Crippen LogP contribution in [0.5, 0.6) is 0 Å². The van der Waals surface area contributed by atoms with Crippen molar-refractivity contribution in [2.45, 2.75) is 19.4 Å². The minimum absolute atomic E-state index is 0.211. The molecular weight excluding hydrogens is 302 g/mol. The molecule has 1 saturated heterocycles. The maximum Gasteiger partial charge on any atom is 0.0931 e. The number of halogens is 1. The predicted molar refractivity (Wildman–Crippen MR) is 89.2 cm³/mol. The van der Waals surface area contributed by atoms with Crippen LogP contribution in [-0.2, 0) is 0 Å². The Hall–Kier alpha value is -0.940. The van der Waals surface area contributed by atoms with Crippen molar-refractivity contribution in [3.63, 3.8) is 0 Å². The first-order valence-electron chi connectivity index (χ1n) is 7.36. The molecule has 0 spiro atoms. The molecule has 1 aliphatic heterocycles. The van der Waals surface area contributed by atoms with Gasteiger partial charge >= 0.3 is 0 Å². The summed E-state index contributed by atoms with van der Waals surface area (Å²) >= 11 is 7.81. The second-order valence-corrected chi connectivity index (χ2v) is 7.19. The van der Waals surface area contributed by atoms with Crippen LogP contribution in [0.2, 0.25) is 4.34 Å². The summed E-state index contributed by atoms with van der Waals surface area (Å²) in [5, 5.41) is 3.46. The minimum atomic E-state index is 0.211. The van der Waals surface area contributed by atoms with Crippen LogP contribution in [0.3, 0.4) is 0 Å². The van der Waals surface area contributed by atoms with Gasteiger partial charge in [-0.1, -0.05) is 17.7 Å². The molecule has 112 valence electrons. The molecule has 1 atom stereocenters. The second-order valence-electron chi connectivity index (χ2n) is 5.44. The van der Waals surface area contributed by atoms with Crippen molar-refractivity contribution in [1.82, 2.24) is 15.2 Å². The average molecular weight is 322 g/mol. The largest absolute Gasteiger partial charge is 0.315 e. The van der Waals surface area contributed by atoms with Gasteiger partial charge in [-0.15, -0.1) is 11.3 Å². The van der Waals surface area contributed by atoms with Crippen molar-refractivity contribution >= 4 is 22.9 Å². The molecule has 0 saturated carbocycles. The number of hydrogen-bond donors (Lipinski definition) is 1. The molecule has 2 aromatic rings. The van der Waals surface area contributed by atoms with Gasteiger partial charge in [0.2, 0.25) is 0 Å². The van der Waals surface area contributed by atoms with Gasteiger partial charge in [-0.25, -0.2) is 0 Å². The lowest BCUT2D eigenvalue weighted by Crippen LogP contribution is -2.33. The van der Waals surface area contributed by atoms with Crippen LogP contribution in [0.15, 0.2) is 30.5 Å². The fraction of sp³-hybridized carbons (Fsp3) is 0.438. The van der Waals surface area contributed by atoms with Gasteiger partial charge in [-0.05, 0) is 43.7 Å². The van der Waals surface area contributed by atoms with Crippen LogP contribution in [-0.4, -0.2) is 36.1 Å². The molecule has 1 fully saturated rings. The Bertz CT molecular complexity index is 573. The fourth-order valence-corrected chi connectivity index (χ4v) is 3.96. The Labute approximate surface area is 135 Å². The van der Waals surface area contributed by atoms with Crippen molar-refractivity contribution < 1.29 is 0 Å². The van der Waals surface area contributed by atoms with Gasteiger partial charge in [0, 0.05) is 30.7 Å². The van der Waals surface area contributed by atoms with Gasteiger partial charge < -0.3 is 5.32 Å². The third-order valence-electron chi connectivity index (χ3n) is 3.82. The normalized spacial score (nSPS) is 18.4. The number of hydrogen-bond acceptors (Lipinski definition) is 4. The Morgan fingerprint density at radius 1 is 1.24 bits per heavy atom. The van der Waals surface area contributed by atoms with Crippen LogP contribution in [0, 0.1) is 6.92 Å². The van der Waals surface area contributed by atoms with Crippen molar-refractivity contribution in [3.8, 4) is 0 Å². The number of aryl methyl sites for hydroxylation is 1. The highest BCUT2D eigenvalue weighted by molar-refractivity contribution is 7.16. The van der Waals surface area contributed by atoms with E-state index in [2.05, 4.69) is 40.3 Å². The van der Waals surface area contributed by atoms with Gasteiger partial charge in [0.15, 0.2) is 0 Å². The smallest absolute Gasteiger partial charge is 0.0931 e. The lowest BCUT2D eigenvalue weighted by Gasteiger charge is -2.29. The molecule has 5 heteroatoms. The highest BCUT2D eigenvalue weighted by Crippen LogP contribution is 2.34. The maximum absolute atomic E-state index is 6.16. The summed E-state index contributed by atoms with van der Waals surface area (Å²) in [4.78, 5) is 8.46. The van der Waals surface area contributed by atoms with E-state index in [1.54, 1.807) is 11.3 Å². The second kappa shape index (κ2) is 6.88. The number of thiophene rings is 1. The molecule has 0 aliphatic carbocycles. The Morgan fingerprint density at radius 2 is 2.14 bits per heavy atom. The van der Waals surface area contributed by atoms with E-state index in [0.29, 0.717) is 0 Å². The van der Waals surface area contributed by atoms with Crippen LogP contribution < -0.4 is 5.32 Å². The molecule has 0 radical (unpaired) electrons. The fourth-order valence-electron chi connectivity index (χ4n) is 2.75. The number of pyridine rings is 1. The summed E-state index contributed by atoms with van der Waals surface area (Å²) in [6.07, 6.45) is 3.12. The number of aromatic nitrogens is 1. The molecule has 1 unspecified atom stereocenters. The topological polar surface area (TPSA) is 28.2 Å². The monoisotopic (exact) mass is 321 g/mol. The minimum Gasteiger partial charge on any atom is -0.315 e. The molecule has 0 amide bonds. The van der Waals surface area contributed by atoms with Crippen molar-refractivity contribution in [3.05, 3.63) is 50.9 Å². The maximum atomic E-state index is 6.16. The first kappa shape index (κ1) is 15.0. The third kappa shape index (κ3) is 3.64. The van der Waals surface area contributed by atoms with E-state index in [4.69, 9.17) is 11.6 Å². The van der Waals surface area contributed by atoms with Crippen molar-refractivity contribution in [2.75, 3.05) is 26.2 Å². The summed E-state index contributed by atoms with van der Waals surface area (Å²) in [5.74, 6) is 0. The highest BCUT2D eigenvalue weighted by Gasteiger charge is 2.25. The molecule has 1 N–H and O–H groups in total. The van der Waals surface area contributed by atoms with E-state index in [0.717, 1.165) is 36.2 Å². The van der Waals surface area contributed by atoms with Gasteiger partial charge in [0.25, 0.3) is 0 Å². The molecule has 3 rings (SSSR count). The Balaban J connectivity index is 1.95. The van der Waals surface area contributed by atoms with Crippen molar-refractivity contribution in [1.29, 1.82) is 0 Å². The molecule has 1 aliphatic rings. The summed E-state index contributed by atoms with van der Waals surface area (Å²) in [6.45, 7) is 6.32. The van der Waals surface area contributed by atoms with Gasteiger partial charge in [-0.2, -0.15) is 0 Å². The van der Waals surface area contributed by atoms with Crippen LogP contribution >= 0.6 is 22.9 Å². The summed E-state index contributed by atoms with van der Waals surface area (Å²) in [5.41, 5.74) is 2.31. The molecule has 21 heavy (non-hydrogen) atoms. The molecule has 3 heterocycles. The van der Waals surface area contributed by atoms with Crippen LogP contribution in [0.1, 0.15) is 28.6 Å². The number of nitrogens with zero attached hydrogens (tertiary/aromatic N) is 2. The Kier molecular flexibility index (Phi) is 4.91. The van der Waals surface area contributed by atoms with Crippen molar-refractivity contribution in [2.24, 2.45) is 0 Å². The lowest BCUT2D eigenvalue weighted by atomic mass is 10.1. The highest BCUT2D eigenvalue weighted by atomic mass is 35.5. The molecular formula is C16H20ClN3S.